The first-order valence-corrected chi connectivity index (χ1v) is 10.7. The van der Waals surface area contributed by atoms with Crippen LogP contribution in [0.2, 0.25) is 0 Å². The van der Waals surface area contributed by atoms with E-state index >= 15 is 0 Å². The first-order valence-electron chi connectivity index (χ1n) is 10.7. The van der Waals surface area contributed by atoms with E-state index in [1.165, 1.54) is 38.2 Å². The van der Waals surface area contributed by atoms with E-state index in [0.717, 1.165) is 35.4 Å². The van der Waals surface area contributed by atoms with Gasteiger partial charge in [0, 0.05) is 48.3 Å². The van der Waals surface area contributed by atoms with Crippen molar-refractivity contribution in [2.24, 2.45) is 4.99 Å². The molecule has 2 aromatic rings. The predicted molar refractivity (Wildman–Crippen MR) is 113 cm³/mol. The number of benzene rings is 1. The molecule has 1 aromatic carbocycles. The number of nitrogens with zero attached hydrogens (tertiary/aromatic N) is 2. The zero-order valence-corrected chi connectivity index (χ0v) is 17.0. The monoisotopic (exact) mass is 385 g/mol. The van der Waals surface area contributed by atoms with E-state index in [0.29, 0.717) is 24.7 Å². The van der Waals surface area contributed by atoms with Gasteiger partial charge in [0.05, 0.1) is 0 Å². The van der Waals surface area contributed by atoms with Crippen molar-refractivity contribution in [2.45, 2.75) is 63.6 Å². The van der Waals surface area contributed by atoms with Crippen LogP contribution in [0.4, 0.5) is 4.39 Å². The fourth-order valence-electron chi connectivity index (χ4n) is 4.89. The highest BCUT2D eigenvalue weighted by Gasteiger charge is 2.36. The second-order valence-electron chi connectivity index (χ2n) is 8.23. The van der Waals surface area contributed by atoms with Crippen LogP contribution in [-0.4, -0.2) is 54.1 Å². The fraction of sp³-hybridized carbons (Fsp3) is 0.591. The summed E-state index contributed by atoms with van der Waals surface area (Å²) in [5.41, 5.74) is 2.09. The molecule has 4 rings (SSSR count). The van der Waals surface area contributed by atoms with Gasteiger partial charge in [0.25, 0.3) is 0 Å². The molecule has 0 saturated carbocycles. The highest BCUT2D eigenvalue weighted by molar-refractivity contribution is 5.83. The fourth-order valence-corrected chi connectivity index (χ4v) is 4.89. The van der Waals surface area contributed by atoms with Crippen molar-refractivity contribution in [2.75, 3.05) is 20.1 Å². The lowest BCUT2D eigenvalue weighted by atomic mass is 9.82. The van der Waals surface area contributed by atoms with Crippen LogP contribution in [-0.2, 0) is 6.42 Å². The molecule has 2 unspecified atom stereocenters. The minimum atomic E-state index is -0.195. The number of halogens is 1. The predicted octanol–water partition coefficient (Wildman–Crippen LogP) is 3.42. The maximum Gasteiger partial charge on any atom is 0.191 e. The number of aromatic nitrogens is 1. The summed E-state index contributed by atoms with van der Waals surface area (Å²) in [6, 6.07) is 6.78. The van der Waals surface area contributed by atoms with Gasteiger partial charge in [-0.15, -0.1) is 0 Å². The number of piperidine rings is 2. The summed E-state index contributed by atoms with van der Waals surface area (Å²) in [6.07, 6.45) is 9.15. The van der Waals surface area contributed by atoms with E-state index in [1.54, 1.807) is 12.1 Å². The van der Waals surface area contributed by atoms with E-state index in [2.05, 4.69) is 34.5 Å². The molecule has 2 bridgehead atoms. The van der Waals surface area contributed by atoms with Crippen LogP contribution in [0.25, 0.3) is 10.9 Å². The Morgan fingerprint density at radius 2 is 2.07 bits per heavy atom. The lowest BCUT2D eigenvalue weighted by molar-refractivity contribution is 0.0526. The second-order valence-corrected chi connectivity index (χ2v) is 8.23. The van der Waals surface area contributed by atoms with Gasteiger partial charge in [0.1, 0.15) is 5.82 Å². The average Bonchev–Trinajstić information content (AvgIpc) is 3.05. The van der Waals surface area contributed by atoms with Crippen LogP contribution in [0.1, 0.15) is 44.6 Å². The summed E-state index contributed by atoms with van der Waals surface area (Å²) < 4.78 is 13.6. The number of H-pyrrole nitrogens is 1. The summed E-state index contributed by atoms with van der Waals surface area (Å²) >= 11 is 0. The molecule has 2 atom stereocenters. The molecule has 2 aliphatic heterocycles. The van der Waals surface area contributed by atoms with Gasteiger partial charge in [-0.3, -0.25) is 4.99 Å². The van der Waals surface area contributed by atoms with Gasteiger partial charge < -0.3 is 20.5 Å². The van der Waals surface area contributed by atoms with Crippen molar-refractivity contribution in [3.8, 4) is 0 Å². The Hall–Kier alpha value is -2.08. The highest BCUT2D eigenvalue weighted by atomic mass is 19.1. The largest absolute Gasteiger partial charge is 0.361 e. The number of guanidine groups is 1. The van der Waals surface area contributed by atoms with Gasteiger partial charge in [-0.2, -0.15) is 0 Å². The molecular weight excluding hydrogens is 353 g/mol. The van der Waals surface area contributed by atoms with Crippen LogP contribution in [0.15, 0.2) is 29.4 Å². The normalized spacial score (nSPS) is 25.8. The van der Waals surface area contributed by atoms with Gasteiger partial charge in [-0.1, -0.05) is 6.42 Å². The Kier molecular flexibility index (Phi) is 5.85. The van der Waals surface area contributed by atoms with E-state index in [1.807, 2.05) is 6.20 Å². The van der Waals surface area contributed by atoms with Gasteiger partial charge >= 0.3 is 0 Å². The zero-order chi connectivity index (χ0) is 19.5. The third kappa shape index (κ3) is 4.17. The number of fused-ring (bicyclic) bond motifs is 3. The van der Waals surface area contributed by atoms with Gasteiger partial charge in [0.15, 0.2) is 5.96 Å². The summed E-state index contributed by atoms with van der Waals surface area (Å²) in [5.74, 6) is 0.709. The number of aromatic amines is 1. The van der Waals surface area contributed by atoms with Crippen molar-refractivity contribution in [1.29, 1.82) is 0 Å². The molecule has 1 aromatic heterocycles. The van der Waals surface area contributed by atoms with Gasteiger partial charge in [0.2, 0.25) is 0 Å². The molecule has 2 aliphatic rings. The van der Waals surface area contributed by atoms with E-state index in [-0.39, 0.29) is 5.82 Å². The van der Waals surface area contributed by atoms with Crippen molar-refractivity contribution in [1.82, 2.24) is 20.5 Å². The maximum atomic E-state index is 13.6. The standard InChI is InChI=1S/C22H32FN5/c1-3-24-22(27-17-12-18-5-4-6-19(13-17)28(18)2)25-10-9-15-14-26-21-8-7-16(23)11-20(15)21/h7-8,11,14,17-19,26H,3-6,9-10,12-13H2,1-2H3,(H2,24,25,27). The highest BCUT2D eigenvalue weighted by Crippen LogP contribution is 2.32. The summed E-state index contributed by atoms with van der Waals surface area (Å²) in [5, 5.41) is 8.02. The van der Waals surface area contributed by atoms with Crippen LogP contribution in [0.5, 0.6) is 0 Å². The molecular formula is C22H32FN5. The summed E-state index contributed by atoms with van der Waals surface area (Å²) in [7, 11) is 2.29. The molecule has 6 heteroatoms. The second kappa shape index (κ2) is 8.52. The minimum absolute atomic E-state index is 0.195. The number of nitrogens with one attached hydrogen (secondary N) is 3. The van der Waals surface area contributed by atoms with Crippen LogP contribution in [0, 0.1) is 5.82 Å². The first-order chi connectivity index (χ1) is 13.6. The zero-order valence-electron chi connectivity index (χ0n) is 17.0. The lowest BCUT2D eigenvalue weighted by Crippen LogP contribution is -2.56. The molecule has 3 heterocycles. The molecule has 5 nitrogen and oxygen atoms in total. The number of aliphatic imine (C=N–C) groups is 1. The van der Waals surface area contributed by atoms with Crippen molar-refractivity contribution in [3.05, 3.63) is 35.8 Å². The van der Waals surface area contributed by atoms with E-state index in [4.69, 9.17) is 4.99 Å². The maximum absolute atomic E-state index is 13.6. The third-order valence-corrected chi connectivity index (χ3v) is 6.41. The SMILES string of the molecule is CCNC(=NCCc1c[nH]c2ccc(F)cc12)NC1CC2CCCC(C1)N2C. The van der Waals surface area contributed by atoms with Gasteiger partial charge in [-0.05, 0) is 69.8 Å². The Labute approximate surface area is 166 Å². The van der Waals surface area contributed by atoms with Crippen LogP contribution < -0.4 is 10.6 Å². The molecule has 152 valence electrons. The third-order valence-electron chi connectivity index (χ3n) is 6.41. The Balaban J connectivity index is 1.38. The smallest absolute Gasteiger partial charge is 0.191 e. The molecule has 28 heavy (non-hydrogen) atoms. The first kappa shape index (κ1) is 19.2. The minimum Gasteiger partial charge on any atom is -0.361 e. The topological polar surface area (TPSA) is 55.5 Å². The molecule has 2 saturated heterocycles. The number of hydrogen-bond acceptors (Lipinski definition) is 2. The molecule has 0 amide bonds. The Bertz CT molecular complexity index is 815. The molecule has 3 N–H and O–H groups in total. The van der Waals surface area contributed by atoms with E-state index < -0.39 is 0 Å². The average molecular weight is 386 g/mol. The Morgan fingerprint density at radius 3 is 2.82 bits per heavy atom. The van der Waals surface area contributed by atoms with Crippen LogP contribution in [0.3, 0.4) is 0 Å². The van der Waals surface area contributed by atoms with Crippen LogP contribution >= 0.6 is 0 Å². The number of hydrogen-bond donors (Lipinski definition) is 3. The molecule has 0 spiro atoms. The Morgan fingerprint density at radius 1 is 1.29 bits per heavy atom. The summed E-state index contributed by atoms with van der Waals surface area (Å²) in [6.45, 7) is 3.63. The van der Waals surface area contributed by atoms with E-state index in [9.17, 15) is 4.39 Å². The van der Waals surface area contributed by atoms with Crippen molar-refractivity contribution >= 4 is 16.9 Å². The summed E-state index contributed by atoms with van der Waals surface area (Å²) in [4.78, 5) is 10.6. The van der Waals surface area contributed by atoms with Crippen molar-refractivity contribution in [3.63, 3.8) is 0 Å². The molecule has 0 aliphatic carbocycles. The number of rotatable bonds is 5. The van der Waals surface area contributed by atoms with Crippen molar-refractivity contribution < 1.29 is 4.39 Å². The van der Waals surface area contributed by atoms with Gasteiger partial charge in [-0.25, -0.2) is 4.39 Å². The quantitative estimate of drug-likeness (QED) is 0.546. The lowest BCUT2D eigenvalue weighted by Gasteiger charge is -2.47. The molecule has 2 fully saturated rings. The molecule has 0 radical (unpaired) electrons.